The molecule has 0 aromatic carbocycles. The Labute approximate surface area is 161 Å². The lowest BCUT2D eigenvalue weighted by Gasteiger charge is -2.25. The molecule has 0 radical (unpaired) electrons. The lowest BCUT2D eigenvalue weighted by molar-refractivity contribution is 0.102. The van der Waals surface area contributed by atoms with Crippen LogP contribution < -0.4 is 10.1 Å². The molecule has 5 nitrogen and oxygen atoms in total. The first kappa shape index (κ1) is 18.6. The highest BCUT2D eigenvalue weighted by Crippen LogP contribution is 2.38. The quantitative estimate of drug-likeness (QED) is 0.740. The molecule has 0 fully saturated rings. The van der Waals surface area contributed by atoms with Crippen LogP contribution in [-0.2, 0) is 0 Å². The minimum absolute atomic E-state index is 0.202. The minimum atomic E-state index is -0.298. The molecule has 136 valence electrons. The Balaban J connectivity index is 1.78. The van der Waals surface area contributed by atoms with E-state index in [-0.39, 0.29) is 17.0 Å². The molecule has 3 rings (SSSR count). The van der Waals surface area contributed by atoms with Crippen molar-refractivity contribution >= 4 is 34.0 Å². The fraction of sp³-hybridized carbons (Fsp3) is 0.316. The van der Waals surface area contributed by atoms with Crippen molar-refractivity contribution in [3.05, 3.63) is 57.2 Å². The number of anilines is 1. The third-order valence-electron chi connectivity index (χ3n) is 4.30. The zero-order valence-electron chi connectivity index (χ0n) is 15.0. The molecule has 0 saturated carbocycles. The Hall–Kier alpha value is -2.18. The lowest BCUT2D eigenvalue weighted by atomic mass is 9.80. The highest BCUT2D eigenvalue weighted by molar-refractivity contribution is 7.14. The van der Waals surface area contributed by atoms with Crippen LogP contribution in [0.1, 0.15) is 42.7 Å². The van der Waals surface area contributed by atoms with Crippen molar-refractivity contribution in [3.63, 3.8) is 0 Å². The number of nitrogens with one attached hydrogen (secondary N) is 1. The number of thiazole rings is 1. The second-order valence-electron chi connectivity index (χ2n) is 6.39. The van der Waals surface area contributed by atoms with Crippen LogP contribution in [0, 0.1) is 5.92 Å². The molecule has 7 heteroatoms. The average molecular weight is 390 g/mol. The number of hydrogen-bond donors (Lipinski definition) is 1. The van der Waals surface area contributed by atoms with Crippen LogP contribution in [0.15, 0.2) is 40.8 Å². The number of hydrogen-bond acceptors (Lipinski definition) is 5. The summed E-state index contributed by atoms with van der Waals surface area (Å²) in [5.41, 5.74) is 3.91. The Morgan fingerprint density at radius 3 is 2.77 bits per heavy atom. The van der Waals surface area contributed by atoms with Gasteiger partial charge in [-0.3, -0.25) is 10.1 Å². The first-order chi connectivity index (χ1) is 12.4. The van der Waals surface area contributed by atoms with Gasteiger partial charge < -0.3 is 4.74 Å². The van der Waals surface area contributed by atoms with E-state index in [0.717, 1.165) is 5.69 Å². The van der Waals surface area contributed by atoms with Gasteiger partial charge in [0.1, 0.15) is 5.15 Å². The van der Waals surface area contributed by atoms with Crippen LogP contribution in [-0.4, -0.2) is 23.0 Å². The van der Waals surface area contributed by atoms with Crippen molar-refractivity contribution in [3.8, 4) is 5.88 Å². The molecule has 1 amide bonds. The summed E-state index contributed by atoms with van der Waals surface area (Å²) < 4.78 is 5.05. The average Bonchev–Trinajstić information content (AvgIpc) is 3.01. The van der Waals surface area contributed by atoms with Gasteiger partial charge in [-0.1, -0.05) is 41.8 Å². The maximum absolute atomic E-state index is 12.5. The van der Waals surface area contributed by atoms with E-state index in [2.05, 4.69) is 48.2 Å². The van der Waals surface area contributed by atoms with Crippen molar-refractivity contribution < 1.29 is 9.53 Å². The van der Waals surface area contributed by atoms with E-state index in [0.29, 0.717) is 22.5 Å². The van der Waals surface area contributed by atoms with Gasteiger partial charge in [0.15, 0.2) is 5.13 Å². The molecule has 0 bridgehead atoms. The lowest BCUT2D eigenvalue weighted by Crippen LogP contribution is -2.15. The number of carbonyl (C=O) groups is 1. The Kier molecular flexibility index (Phi) is 5.44. The highest BCUT2D eigenvalue weighted by atomic mass is 35.5. The summed E-state index contributed by atoms with van der Waals surface area (Å²) in [6.45, 7) is 6.42. The van der Waals surface area contributed by atoms with Gasteiger partial charge in [-0.05, 0) is 25.8 Å². The summed E-state index contributed by atoms with van der Waals surface area (Å²) in [5.74, 6) is 0.597. The summed E-state index contributed by atoms with van der Waals surface area (Å²) >= 11 is 7.34. The van der Waals surface area contributed by atoms with Crippen LogP contribution in [0.25, 0.3) is 0 Å². The van der Waals surface area contributed by atoms with E-state index in [1.807, 2.05) is 5.38 Å². The van der Waals surface area contributed by atoms with Gasteiger partial charge in [0.25, 0.3) is 5.91 Å². The van der Waals surface area contributed by atoms with Gasteiger partial charge in [-0.15, -0.1) is 11.3 Å². The number of methoxy groups -OCH3 is 1. The molecule has 0 spiro atoms. The molecule has 2 atom stereocenters. The molecular weight excluding hydrogens is 370 g/mol. The van der Waals surface area contributed by atoms with Crippen molar-refractivity contribution in [1.82, 2.24) is 9.97 Å². The predicted molar refractivity (Wildman–Crippen MR) is 105 cm³/mol. The predicted octanol–water partition coefficient (Wildman–Crippen LogP) is 5.08. The van der Waals surface area contributed by atoms with Gasteiger partial charge in [0.05, 0.1) is 12.8 Å². The van der Waals surface area contributed by atoms with E-state index < -0.39 is 0 Å². The number of pyridine rings is 1. The van der Waals surface area contributed by atoms with Crippen molar-refractivity contribution in [2.75, 3.05) is 12.4 Å². The molecule has 2 unspecified atom stereocenters. The zero-order valence-corrected chi connectivity index (χ0v) is 16.6. The number of aromatic nitrogens is 2. The molecule has 0 saturated heterocycles. The summed E-state index contributed by atoms with van der Waals surface area (Å²) in [4.78, 5) is 21.1. The van der Waals surface area contributed by atoms with E-state index >= 15 is 0 Å². The van der Waals surface area contributed by atoms with Crippen molar-refractivity contribution in [2.45, 2.75) is 26.7 Å². The number of ether oxygens (including phenoxy) is 1. The summed E-state index contributed by atoms with van der Waals surface area (Å²) in [5, 5.41) is 5.59. The van der Waals surface area contributed by atoms with Gasteiger partial charge in [0.2, 0.25) is 5.88 Å². The number of allylic oxidation sites excluding steroid dienone is 4. The van der Waals surface area contributed by atoms with E-state index in [1.54, 1.807) is 6.07 Å². The van der Waals surface area contributed by atoms with Crippen LogP contribution in [0.2, 0.25) is 5.15 Å². The molecule has 0 aliphatic heterocycles. The molecular formula is C19H20ClN3O2S. The second kappa shape index (κ2) is 7.60. The number of nitrogens with zero attached hydrogens (tertiary/aromatic N) is 2. The number of carbonyl (C=O) groups excluding carboxylic acids is 1. The molecule has 2 aromatic heterocycles. The molecule has 1 N–H and O–H groups in total. The Morgan fingerprint density at radius 1 is 1.31 bits per heavy atom. The van der Waals surface area contributed by atoms with Crippen LogP contribution in [0.3, 0.4) is 0 Å². The molecule has 26 heavy (non-hydrogen) atoms. The number of amides is 1. The van der Waals surface area contributed by atoms with Crippen molar-refractivity contribution in [1.29, 1.82) is 0 Å². The van der Waals surface area contributed by atoms with Crippen molar-refractivity contribution in [2.24, 2.45) is 5.92 Å². The highest BCUT2D eigenvalue weighted by Gasteiger charge is 2.25. The van der Waals surface area contributed by atoms with Crippen LogP contribution >= 0.6 is 22.9 Å². The summed E-state index contributed by atoms with van der Waals surface area (Å²) in [7, 11) is 1.48. The fourth-order valence-electron chi connectivity index (χ4n) is 3.29. The third kappa shape index (κ3) is 3.97. The Bertz CT molecular complexity index is 904. The first-order valence-corrected chi connectivity index (χ1v) is 9.48. The normalized spacial score (nSPS) is 19.6. The van der Waals surface area contributed by atoms with Gasteiger partial charge in [0, 0.05) is 22.9 Å². The summed E-state index contributed by atoms with van der Waals surface area (Å²) in [6, 6.07) is 3.04. The molecule has 2 aromatic rings. The van der Waals surface area contributed by atoms with E-state index in [4.69, 9.17) is 16.3 Å². The summed E-state index contributed by atoms with van der Waals surface area (Å²) in [6.07, 6.45) is 4.44. The zero-order chi connectivity index (χ0) is 18.8. The standard InChI is InChI=1S/C19H20ClN3O2S/c1-10-5-11(2)17(12(3)6-10)14-9-26-19(21-14)23-18(24)13-7-15(20)22-16(8-13)25-4/h5-9,11,17H,1-4H3,(H,21,23,24). The SMILES string of the molecule is COc1cc(C(=O)Nc2nc(C3C(C)=CC(C)=CC3C)cs2)cc(Cl)n1. The van der Waals surface area contributed by atoms with Gasteiger partial charge in [-0.25, -0.2) is 9.97 Å². The van der Waals surface area contributed by atoms with Gasteiger partial charge >= 0.3 is 0 Å². The largest absolute Gasteiger partial charge is 0.481 e. The monoisotopic (exact) mass is 389 g/mol. The topological polar surface area (TPSA) is 64.1 Å². The van der Waals surface area contributed by atoms with Crippen LogP contribution in [0.4, 0.5) is 5.13 Å². The molecule has 1 aliphatic rings. The van der Waals surface area contributed by atoms with Crippen LogP contribution in [0.5, 0.6) is 5.88 Å². The molecule has 2 heterocycles. The third-order valence-corrected chi connectivity index (χ3v) is 5.27. The minimum Gasteiger partial charge on any atom is -0.481 e. The maximum atomic E-state index is 12.5. The van der Waals surface area contributed by atoms with E-state index in [9.17, 15) is 4.79 Å². The number of rotatable bonds is 4. The van der Waals surface area contributed by atoms with E-state index in [1.165, 1.54) is 35.7 Å². The maximum Gasteiger partial charge on any atom is 0.257 e. The fourth-order valence-corrected chi connectivity index (χ4v) is 4.23. The smallest absolute Gasteiger partial charge is 0.257 e. The number of halogens is 1. The van der Waals surface area contributed by atoms with Gasteiger partial charge in [-0.2, -0.15) is 0 Å². The molecule has 1 aliphatic carbocycles. The second-order valence-corrected chi connectivity index (χ2v) is 7.63. The first-order valence-electron chi connectivity index (χ1n) is 8.22. The Morgan fingerprint density at radius 2 is 2.08 bits per heavy atom.